The Balaban J connectivity index is 1.17. The largest absolute Gasteiger partial charge is 0.455 e. The van der Waals surface area contributed by atoms with Crippen molar-refractivity contribution in [1.82, 2.24) is 29.7 Å². The molecule has 5 heterocycles. The van der Waals surface area contributed by atoms with E-state index in [9.17, 15) is 18.0 Å². The Morgan fingerprint density at radius 2 is 1.91 bits per heavy atom. The molecule has 2 amide bonds. The van der Waals surface area contributed by atoms with Gasteiger partial charge in [0.25, 0.3) is 0 Å². The Hall–Kier alpha value is -4.16. The number of aryl methyl sites for hydroxylation is 1. The number of aromatic nitrogens is 3. The third kappa shape index (κ3) is 6.30. The summed E-state index contributed by atoms with van der Waals surface area (Å²) in [6, 6.07) is 9.19. The van der Waals surface area contributed by atoms with Gasteiger partial charge in [-0.25, -0.2) is 9.78 Å². The molecule has 2 aliphatic heterocycles. The van der Waals surface area contributed by atoms with E-state index in [1.807, 2.05) is 37.9 Å². The summed E-state index contributed by atoms with van der Waals surface area (Å²) in [6.07, 6.45) is -1.21. The van der Waals surface area contributed by atoms with Gasteiger partial charge in [0.2, 0.25) is 0 Å². The molecule has 3 aromatic heterocycles. The van der Waals surface area contributed by atoms with Gasteiger partial charge >= 0.3 is 12.2 Å². The molecule has 43 heavy (non-hydrogen) atoms. The van der Waals surface area contributed by atoms with E-state index in [-0.39, 0.29) is 30.3 Å². The maximum atomic E-state index is 14.1. The third-order valence-corrected chi connectivity index (χ3v) is 8.10. The van der Waals surface area contributed by atoms with E-state index in [2.05, 4.69) is 25.2 Å². The van der Waals surface area contributed by atoms with E-state index in [1.54, 1.807) is 29.4 Å². The molecule has 4 aromatic rings. The van der Waals surface area contributed by atoms with Gasteiger partial charge < -0.3 is 24.8 Å². The number of likely N-dealkylation sites (N-methyl/N-ethyl adjacent to an activating group) is 1. The lowest BCUT2D eigenvalue weighted by Crippen LogP contribution is -2.44. The average Bonchev–Trinajstić information content (AvgIpc) is 3.35. The first kappa shape index (κ1) is 28.9. The number of amides is 2. The Bertz CT molecular complexity index is 1650. The monoisotopic (exact) mass is 593 g/mol. The third-order valence-electron chi connectivity index (χ3n) is 8.10. The molecular formula is C31H34F3N7O2. The number of halogens is 3. The van der Waals surface area contributed by atoms with Gasteiger partial charge in [-0.05, 0) is 55.4 Å². The Morgan fingerprint density at radius 3 is 2.67 bits per heavy atom. The van der Waals surface area contributed by atoms with Crippen LogP contribution in [0.3, 0.4) is 0 Å². The molecule has 2 aliphatic rings. The quantitative estimate of drug-likeness (QED) is 0.296. The molecule has 1 fully saturated rings. The zero-order valence-electron chi connectivity index (χ0n) is 24.3. The first-order valence-electron chi connectivity index (χ1n) is 14.3. The molecule has 6 rings (SSSR count). The first-order valence-corrected chi connectivity index (χ1v) is 14.3. The minimum atomic E-state index is -4.54. The molecule has 1 aromatic carbocycles. The van der Waals surface area contributed by atoms with E-state index in [0.29, 0.717) is 31.1 Å². The number of alkyl halides is 3. The number of pyridine rings is 2. The lowest BCUT2D eigenvalue weighted by Gasteiger charge is -2.33. The summed E-state index contributed by atoms with van der Waals surface area (Å²) < 4.78 is 48.3. The van der Waals surface area contributed by atoms with Gasteiger partial charge in [-0.15, -0.1) is 0 Å². The zero-order chi connectivity index (χ0) is 30.3. The Kier molecular flexibility index (Phi) is 7.74. The fourth-order valence-corrected chi connectivity index (χ4v) is 5.82. The van der Waals surface area contributed by atoms with Crippen molar-refractivity contribution < 1.29 is 22.7 Å². The number of piperazine rings is 1. The van der Waals surface area contributed by atoms with Gasteiger partial charge in [-0.2, -0.15) is 13.2 Å². The number of nitrogens with one attached hydrogen (secondary N) is 2. The van der Waals surface area contributed by atoms with Crippen LogP contribution in [0.25, 0.3) is 11.0 Å². The number of ether oxygens (including phenoxy) is 1. The zero-order valence-corrected chi connectivity index (χ0v) is 24.3. The normalized spacial score (nSPS) is 18.1. The molecule has 1 saturated heterocycles. The minimum absolute atomic E-state index is 0.0693. The predicted molar refractivity (Wildman–Crippen MR) is 157 cm³/mol. The summed E-state index contributed by atoms with van der Waals surface area (Å²) >= 11 is 0. The van der Waals surface area contributed by atoms with E-state index >= 15 is 0 Å². The number of carbonyl (C=O) groups is 1. The molecule has 0 bridgehead atoms. The van der Waals surface area contributed by atoms with Crippen LogP contribution < -0.4 is 10.1 Å². The molecule has 0 saturated carbocycles. The Labute approximate surface area is 247 Å². The first-order chi connectivity index (χ1) is 20.5. The van der Waals surface area contributed by atoms with Gasteiger partial charge in [0.15, 0.2) is 0 Å². The number of aromatic amines is 1. The summed E-state index contributed by atoms with van der Waals surface area (Å²) in [5.41, 5.74) is 2.95. The number of carbonyl (C=O) groups excluding carboxylic acids is 1. The second-order valence-electron chi connectivity index (χ2n) is 11.5. The molecule has 2 N–H and O–H groups in total. The van der Waals surface area contributed by atoms with Crippen molar-refractivity contribution in [2.24, 2.45) is 0 Å². The molecule has 0 unspecified atom stereocenters. The van der Waals surface area contributed by atoms with Gasteiger partial charge in [0.1, 0.15) is 17.1 Å². The van der Waals surface area contributed by atoms with Crippen LogP contribution in [0.5, 0.6) is 11.5 Å². The number of nitrogens with zero attached hydrogens (tertiary/aromatic N) is 5. The summed E-state index contributed by atoms with van der Waals surface area (Å²) in [5, 5.41) is 3.54. The van der Waals surface area contributed by atoms with Crippen molar-refractivity contribution in [2.75, 3.05) is 45.1 Å². The van der Waals surface area contributed by atoms with Crippen LogP contribution in [0.2, 0.25) is 0 Å². The molecule has 9 nitrogen and oxygen atoms in total. The van der Waals surface area contributed by atoms with Gasteiger partial charge in [0, 0.05) is 69.3 Å². The summed E-state index contributed by atoms with van der Waals surface area (Å²) in [7, 11) is 2.00. The highest BCUT2D eigenvalue weighted by molar-refractivity contribution is 5.89. The second kappa shape index (κ2) is 11.5. The summed E-state index contributed by atoms with van der Waals surface area (Å²) in [5.74, 6) is 1.08. The second-order valence-corrected chi connectivity index (χ2v) is 11.5. The molecule has 226 valence electrons. The highest BCUT2D eigenvalue weighted by atomic mass is 19.4. The van der Waals surface area contributed by atoms with Crippen LogP contribution in [0.15, 0.2) is 48.8 Å². The molecular weight excluding hydrogens is 559 g/mol. The van der Waals surface area contributed by atoms with E-state index in [0.717, 1.165) is 47.1 Å². The smallest absolute Gasteiger partial charge is 0.416 e. The van der Waals surface area contributed by atoms with Crippen LogP contribution in [-0.2, 0) is 19.3 Å². The van der Waals surface area contributed by atoms with Crippen LogP contribution in [0.1, 0.15) is 40.9 Å². The minimum Gasteiger partial charge on any atom is -0.455 e. The number of anilines is 1. The number of urea groups is 1. The molecule has 0 spiro atoms. The molecule has 0 aliphatic carbocycles. The van der Waals surface area contributed by atoms with E-state index in [1.165, 1.54) is 6.07 Å². The Morgan fingerprint density at radius 1 is 1.12 bits per heavy atom. The fraction of sp³-hybridized carbons (Fsp3) is 0.387. The number of rotatable bonds is 5. The number of fused-ring (bicyclic) bond motifs is 2. The van der Waals surface area contributed by atoms with Crippen LogP contribution in [0.4, 0.5) is 23.7 Å². The number of hydrogen-bond acceptors (Lipinski definition) is 6. The van der Waals surface area contributed by atoms with Crippen molar-refractivity contribution in [2.45, 2.75) is 39.0 Å². The maximum absolute atomic E-state index is 14.1. The standard InChI is InChI=1S/C31H34F3N7O2/c1-19-16-41(18-22-13-24(15-36-28(19)22)43-27-6-7-35-29-25(27)12-20(2)37-29)30(42)38-23-5-4-21(26(14-23)31(32,33)34)17-40-10-8-39(3)9-11-40/h4-7,12-15,19H,8-11,16-18H2,1-3H3,(H,35,37)(H,38,42)/t19-/m0/s1. The van der Waals surface area contributed by atoms with Crippen molar-refractivity contribution in [3.8, 4) is 11.5 Å². The van der Waals surface area contributed by atoms with E-state index < -0.39 is 17.8 Å². The summed E-state index contributed by atoms with van der Waals surface area (Å²) in [6.45, 7) is 7.81. The number of hydrogen-bond donors (Lipinski definition) is 2. The van der Waals surface area contributed by atoms with Crippen molar-refractivity contribution >= 4 is 22.8 Å². The van der Waals surface area contributed by atoms with E-state index in [4.69, 9.17) is 4.74 Å². The summed E-state index contributed by atoms with van der Waals surface area (Å²) in [4.78, 5) is 31.2. The average molecular weight is 594 g/mol. The van der Waals surface area contributed by atoms with Crippen molar-refractivity contribution in [1.29, 1.82) is 0 Å². The van der Waals surface area contributed by atoms with Crippen LogP contribution >= 0.6 is 0 Å². The molecule has 0 radical (unpaired) electrons. The lowest BCUT2D eigenvalue weighted by atomic mass is 9.96. The SMILES string of the molecule is Cc1cc2c(Oc3cnc4c(c3)CN(C(=O)Nc3ccc(CN5CCN(C)CC5)c(C(F)(F)F)c3)C[C@@H]4C)ccnc2[nH]1. The molecule has 1 atom stereocenters. The topological polar surface area (TPSA) is 89.6 Å². The number of benzene rings is 1. The van der Waals surface area contributed by atoms with Crippen molar-refractivity contribution in [3.63, 3.8) is 0 Å². The maximum Gasteiger partial charge on any atom is 0.416 e. The van der Waals surface area contributed by atoms with Crippen molar-refractivity contribution in [3.05, 3.63) is 76.9 Å². The highest BCUT2D eigenvalue weighted by Crippen LogP contribution is 2.36. The van der Waals surface area contributed by atoms with Crippen LogP contribution in [-0.4, -0.2) is 75.5 Å². The predicted octanol–water partition coefficient (Wildman–Crippen LogP) is 5.98. The number of H-pyrrole nitrogens is 1. The fourth-order valence-electron chi connectivity index (χ4n) is 5.82. The lowest BCUT2D eigenvalue weighted by molar-refractivity contribution is -0.138. The highest BCUT2D eigenvalue weighted by Gasteiger charge is 2.35. The molecule has 12 heteroatoms. The van der Waals surface area contributed by atoms with Crippen LogP contribution in [0, 0.1) is 6.92 Å². The van der Waals surface area contributed by atoms with Gasteiger partial charge in [-0.3, -0.25) is 9.88 Å². The van der Waals surface area contributed by atoms with Gasteiger partial charge in [-0.1, -0.05) is 13.0 Å². The van der Waals surface area contributed by atoms with Gasteiger partial charge in [0.05, 0.1) is 22.8 Å².